The lowest BCUT2D eigenvalue weighted by Gasteiger charge is -2.26. The fourth-order valence-corrected chi connectivity index (χ4v) is 2.40. The number of hydrogen-bond donors (Lipinski definition) is 0. The van der Waals surface area contributed by atoms with Gasteiger partial charge in [0, 0.05) is 13.6 Å². The van der Waals surface area contributed by atoms with E-state index in [-0.39, 0.29) is 0 Å². The third-order valence-electron chi connectivity index (χ3n) is 3.08. The summed E-state index contributed by atoms with van der Waals surface area (Å²) in [6.07, 6.45) is 4.00. The maximum absolute atomic E-state index is 6.22. The van der Waals surface area contributed by atoms with Crippen LogP contribution in [0.2, 0.25) is 5.02 Å². The molecule has 0 aromatic carbocycles. The molecule has 3 nitrogen and oxygen atoms in total. The number of likely N-dealkylation sites (tertiary alicyclic amines) is 1. The predicted molar refractivity (Wildman–Crippen MR) is 62.1 cm³/mol. The van der Waals surface area contributed by atoms with E-state index in [1.807, 2.05) is 18.7 Å². The van der Waals surface area contributed by atoms with Crippen molar-refractivity contribution in [3.05, 3.63) is 16.4 Å². The van der Waals surface area contributed by atoms with Gasteiger partial charge in [0.15, 0.2) is 0 Å². The summed E-state index contributed by atoms with van der Waals surface area (Å²) in [6.45, 7) is 5.29. The molecule has 4 heteroatoms. The first-order valence-electron chi connectivity index (χ1n) is 5.59. The summed E-state index contributed by atoms with van der Waals surface area (Å²) < 4.78 is 1.91. The molecule has 0 unspecified atom stereocenters. The van der Waals surface area contributed by atoms with Gasteiger partial charge in [0.25, 0.3) is 0 Å². The van der Waals surface area contributed by atoms with Gasteiger partial charge >= 0.3 is 0 Å². The van der Waals surface area contributed by atoms with E-state index in [1.165, 1.54) is 32.4 Å². The number of nitrogens with zero attached hydrogens (tertiary/aromatic N) is 3. The van der Waals surface area contributed by atoms with Crippen molar-refractivity contribution in [3.8, 4) is 0 Å². The fraction of sp³-hybridized carbons (Fsp3) is 0.727. The second kappa shape index (κ2) is 4.54. The molecule has 1 aromatic heterocycles. The predicted octanol–water partition coefficient (Wildman–Crippen LogP) is 2.37. The van der Waals surface area contributed by atoms with Crippen LogP contribution in [0.3, 0.4) is 0 Å². The normalized spacial score (nSPS) is 18.3. The summed E-state index contributed by atoms with van der Waals surface area (Å²) in [5.74, 6) is 0. The molecule has 0 N–H and O–H groups in total. The number of aromatic nitrogens is 2. The zero-order chi connectivity index (χ0) is 10.8. The first-order chi connectivity index (χ1) is 7.18. The van der Waals surface area contributed by atoms with E-state index in [1.54, 1.807) is 0 Å². The van der Waals surface area contributed by atoms with Crippen LogP contribution in [0.25, 0.3) is 0 Å². The van der Waals surface area contributed by atoms with Crippen molar-refractivity contribution in [1.29, 1.82) is 0 Å². The van der Waals surface area contributed by atoms with Gasteiger partial charge in [-0.1, -0.05) is 18.0 Å². The zero-order valence-corrected chi connectivity index (χ0v) is 10.2. The van der Waals surface area contributed by atoms with Gasteiger partial charge in [0.05, 0.1) is 16.4 Å². The Morgan fingerprint density at radius 2 is 1.93 bits per heavy atom. The Bertz CT molecular complexity index is 340. The Morgan fingerprint density at radius 3 is 2.47 bits per heavy atom. The minimum Gasteiger partial charge on any atom is -0.297 e. The SMILES string of the molecule is Cc1nn(C)c(CN2CCCCC2)c1Cl. The highest BCUT2D eigenvalue weighted by atomic mass is 35.5. The van der Waals surface area contributed by atoms with Crippen molar-refractivity contribution < 1.29 is 0 Å². The fourth-order valence-electron chi connectivity index (χ4n) is 2.18. The van der Waals surface area contributed by atoms with E-state index in [4.69, 9.17) is 11.6 Å². The minimum atomic E-state index is 0.836. The van der Waals surface area contributed by atoms with Crippen LogP contribution >= 0.6 is 11.6 Å². The standard InChI is InChI=1S/C11H18ClN3/c1-9-11(12)10(14(2)13-9)8-15-6-4-3-5-7-15/h3-8H2,1-2H3. The molecule has 2 rings (SSSR count). The van der Waals surface area contributed by atoms with Gasteiger partial charge in [0.2, 0.25) is 0 Å². The highest BCUT2D eigenvalue weighted by molar-refractivity contribution is 6.31. The quantitative estimate of drug-likeness (QED) is 0.774. The number of aryl methyl sites for hydroxylation is 2. The molecule has 0 saturated carbocycles. The van der Waals surface area contributed by atoms with E-state index in [0.717, 1.165) is 23.0 Å². The Labute approximate surface area is 96.0 Å². The molecule has 1 fully saturated rings. The van der Waals surface area contributed by atoms with Crippen molar-refractivity contribution in [2.24, 2.45) is 7.05 Å². The van der Waals surface area contributed by atoms with Crippen LogP contribution in [0.1, 0.15) is 30.7 Å². The summed E-state index contributed by atoms with van der Waals surface area (Å²) in [5.41, 5.74) is 2.09. The molecule has 2 heterocycles. The highest BCUT2D eigenvalue weighted by Gasteiger charge is 2.16. The summed E-state index contributed by atoms with van der Waals surface area (Å²) in [7, 11) is 1.97. The van der Waals surface area contributed by atoms with Crippen LogP contribution in [0, 0.1) is 6.92 Å². The molecule has 1 saturated heterocycles. The third-order valence-corrected chi connectivity index (χ3v) is 3.58. The first-order valence-corrected chi connectivity index (χ1v) is 5.96. The monoisotopic (exact) mass is 227 g/mol. The van der Waals surface area contributed by atoms with Crippen molar-refractivity contribution in [1.82, 2.24) is 14.7 Å². The molecular formula is C11H18ClN3. The molecule has 84 valence electrons. The lowest BCUT2D eigenvalue weighted by Crippen LogP contribution is -2.30. The maximum Gasteiger partial charge on any atom is 0.0860 e. The van der Waals surface area contributed by atoms with Crippen molar-refractivity contribution in [2.75, 3.05) is 13.1 Å². The van der Waals surface area contributed by atoms with Crippen molar-refractivity contribution >= 4 is 11.6 Å². The van der Waals surface area contributed by atoms with E-state index < -0.39 is 0 Å². The summed E-state index contributed by atoms with van der Waals surface area (Å²) in [5, 5.41) is 5.17. The summed E-state index contributed by atoms with van der Waals surface area (Å²) in [4.78, 5) is 2.46. The van der Waals surface area contributed by atoms with Crippen LogP contribution in [-0.2, 0) is 13.6 Å². The largest absolute Gasteiger partial charge is 0.297 e. The van der Waals surface area contributed by atoms with Crippen molar-refractivity contribution in [2.45, 2.75) is 32.7 Å². The van der Waals surface area contributed by atoms with Gasteiger partial charge in [-0.05, 0) is 32.9 Å². The minimum absolute atomic E-state index is 0.836. The second-order valence-corrected chi connectivity index (χ2v) is 4.68. The van der Waals surface area contributed by atoms with Crippen LogP contribution in [0.4, 0.5) is 0 Å². The second-order valence-electron chi connectivity index (χ2n) is 4.31. The maximum atomic E-state index is 6.22. The van der Waals surface area contributed by atoms with Gasteiger partial charge in [-0.15, -0.1) is 0 Å². The third kappa shape index (κ3) is 2.34. The van der Waals surface area contributed by atoms with Crippen LogP contribution in [0.15, 0.2) is 0 Å². The molecular weight excluding hydrogens is 210 g/mol. The van der Waals surface area contributed by atoms with Crippen molar-refractivity contribution in [3.63, 3.8) is 0 Å². The smallest absolute Gasteiger partial charge is 0.0860 e. The lowest BCUT2D eigenvalue weighted by atomic mass is 10.1. The van der Waals surface area contributed by atoms with Gasteiger partial charge in [-0.25, -0.2) is 0 Å². The van der Waals surface area contributed by atoms with Crippen LogP contribution in [-0.4, -0.2) is 27.8 Å². The summed E-state index contributed by atoms with van der Waals surface area (Å²) in [6, 6.07) is 0. The van der Waals surface area contributed by atoms with Gasteiger partial charge < -0.3 is 0 Å². The van der Waals surface area contributed by atoms with Gasteiger partial charge in [-0.2, -0.15) is 5.10 Å². The van der Waals surface area contributed by atoms with Crippen LogP contribution < -0.4 is 0 Å². The molecule has 0 amide bonds. The van der Waals surface area contributed by atoms with Crippen LogP contribution in [0.5, 0.6) is 0 Å². The number of piperidine rings is 1. The number of rotatable bonds is 2. The molecule has 0 atom stereocenters. The van der Waals surface area contributed by atoms with E-state index in [2.05, 4.69) is 10.00 Å². The van der Waals surface area contributed by atoms with E-state index in [0.29, 0.717) is 0 Å². The molecule has 0 bridgehead atoms. The zero-order valence-electron chi connectivity index (χ0n) is 9.46. The molecule has 0 spiro atoms. The Morgan fingerprint density at radius 1 is 1.27 bits per heavy atom. The number of halogens is 1. The summed E-state index contributed by atoms with van der Waals surface area (Å²) >= 11 is 6.22. The average molecular weight is 228 g/mol. The molecule has 15 heavy (non-hydrogen) atoms. The molecule has 1 aromatic rings. The van der Waals surface area contributed by atoms with E-state index >= 15 is 0 Å². The number of hydrogen-bond acceptors (Lipinski definition) is 2. The molecule has 0 aliphatic carbocycles. The highest BCUT2D eigenvalue weighted by Crippen LogP contribution is 2.22. The van der Waals surface area contributed by atoms with E-state index in [9.17, 15) is 0 Å². The average Bonchev–Trinajstić information content (AvgIpc) is 2.47. The molecule has 1 aliphatic heterocycles. The molecule has 1 aliphatic rings. The lowest BCUT2D eigenvalue weighted by molar-refractivity contribution is 0.216. The van der Waals surface area contributed by atoms with Gasteiger partial charge in [0.1, 0.15) is 0 Å². The Kier molecular flexibility index (Phi) is 3.32. The Balaban J connectivity index is 2.09. The first kappa shape index (κ1) is 11.0. The molecule has 0 radical (unpaired) electrons. The van der Waals surface area contributed by atoms with Gasteiger partial charge in [-0.3, -0.25) is 9.58 Å². The topological polar surface area (TPSA) is 21.1 Å². The Hall–Kier alpha value is -0.540.